The molecule has 6 heteroatoms. The zero-order valence-electron chi connectivity index (χ0n) is 14.5. The Morgan fingerprint density at radius 3 is 2.71 bits per heavy atom. The standard InChI is InChI=1S/C18H23NO5/c1-12-10-16(20)23-15-11-13(6-7-14(12)15)22-9-5-8-19-17(21)24-18(2,3)4/h6-7,10-11H,5,8-9H2,1-4H3,(H,19,21). The van der Waals surface area contributed by atoms with Crippen molar-refractivity contribution in [2.24, 2.45) is 0 Å². The maximum atomic E-state index is 11.5. The monoisotopic (exact) mass is 333 g/mol. The van der Waals surface area contributed by atoms with Crippen molar-refractivity contribution in [3.05, 3.63) is 40.2 Å². The number of rotatable bonds is 5. The number of alkyl carbamates (subject to hydrolysis) is 1. The number of carbonyl (C=O) groups is 1. The van der Waals surface area contributed by atoms with Gasteiger partial charge in [-0.05, 0) is 51.8 Å². The van der Waals surface area contributed by atoms with Gasteiger partial charge in [-0.1, -0.05) is 0 Å². The largest absolute Gasteiger partial charge is 0.493 e. The number of benzene rings is 1. The summed E-state index contributed by atoms with van der Waals surface area (Å²) < 4.78 is 15.9. The van der Waals surface area contributed by atoms with Crippen molar-refractivity contribution in [3.63, 3.8) is 0 Å². The van der Waals surface area contributed by atoms with Gasteiger partial charge in [0.25, 0.3) is 0 Å². The molecule has 0 atom stereocenters. The Bertz CT molecular complexity index is 773. The fourth-order valence-electron chi connectivity index (χ4n) is 2.16. The number of aryl methyl sites for hydroxylation is 1. The van der Waals surface area contributed by atoms with Crippen LogP contribution in [0, 0.1) is 6.92 Å². The molecule has 0 unspecified atom stereocenters. The van der Waals surface area contributed by atoms with E-state index in [0.29, 0.717) is 30.9 Å². The van der Waals surface area contributed by atoms with Crippen molar-refractivity contribution in [2.75, 3.05) is 13.2 Å². The summed E-state index contributed by atoms with van der Waals surface area (Å²) in [6.07, 6.45) is 0.195. The molecule has 0 aliphatic carbocycles. The molecule has 0 fully saturated rings. The van der Waals surface area contributed by atoms with Gasteiger partial charge in [0.15, 0.2) is 0 Å². The number of hydrogen-bond acceptors (Lipinski definition) is 5. The molecule has 0 saturated heterocycles. The lowest BCUT2D eigenvalue weighted by Crippen LogP contribution is -2.33. The Balaban J connectivity index is 1.82. The third kappa shape index (κ3) is 5.30. The predicted octanol–water partition coefficient (Wildman–Crippen LogP) is 3.40. The van der Waals surface area contributed by atoms with Crippen LogP contribution in [0.2, 0.25) is 0 Å². The topological polar surface area (TPSA) is 77.8 Å². The summed E-state index contributed by atoms with van der Waals surface area (Å²) in [5.74, 6) is 0.619. The fourth-order valence-corrected chi connectivity index (χ4v) is 2.16. The molecule has 0 aliphatic heterocycles. The van der Waals surface area contributed by atoms with Gasteiger partial charge in [0.05, 0.1) is 6.61 Å². The van der Waals surface area contributed by atoms with E-state index in [-0.39, 0.29) is 5.63 Å². The Morgan fingerprint density at radius 1 is 1.25 bits per heavy atom. The first-order valence-corrected chi connectivity index (χ1v) is 7.89. The van der Waals surface area contributed by atoms with Crippen LogP contribution in [0.3, 0.4) is 0 Å². The third-order valence-electron chi connectivity index (χ3n) is 3.18. The molecule has 0 radical (unpaired) electrons. The van der Waals surface area contributed by atoms with Crippen molar-refractivity contribution in [3.8, 4) is 5.75 Å². The van der Waals surface area contributed by atoms with E-state index in [1.54, 1.807) is 6.07 Å². The van der Waals surface area contributed by atoms with Crippen LogP contribution in [0.5, 0.6) is 5.75 Å². The summed E-state index contributed by atoms with van der Waals surface area (Å²) in [6, 6.07) is 6.86. The summed E-state index contributed by atoms with van der Waals surface area (Å²) >= 11 is 0. The maximum Gasteiger partial charge on any atom is 0.407 e. The highest BCUT2D eigenvalue weighted by Gasteiger charge is 2.15. The van der Waals surface area contributed by atoms with E-state index in [4.69, 9.17) is 13.9 Å². The highest BCUT2D eigenvalue weighted by atomic mass is 16.6. The zero-order chi connectivity index (χ0) is 17.7. The zero-order valence-corrected chi connectivity index (χ0v) is 14.5. The molecule has 1 amide bonds. The van der Waals surface area contributed by atoms with Crippen LogP contribution in [-0.4, -0.2) is 24.8 Å². The molecule has 24 heavy (non-hydrogen) atoms. The highest BCUT2D eigenvalue weighted by molar-refractivity contribution is 5.81. The van der Waals surface area contributed by atoms with Crippen LogP contribution in [-0.2, 0) is 4.74 Å². The van der Waals surface area contributed by atoms with Gasteiger partial charge in [0.1, 0.15) is 16.9 Å². The molecular formula is C18H23NO5. The molecule has 2 aromatic rings. The summed E-state index contributed by atoms with van der Waals surface area (Å²) in [5, 5.41) is 3.55. The first-order chi connectivity index (χ1) is 11.2. The van der Waals surface area contributed by atoms with Crippen molar-refractivity contribution in [1.29, 1.82) is 0 Å². The molecule has 0 spiro atoms. The normalized spacial score (nSPS) is 11.3. The van der Waals surface area contributed by atoms with Gasteiger partial charge < -0.3 is 19.2 Å². The first-order valence-electron chi connectivity index (χ1n) is 7.89. The number of hydrogen-bond donors (Lipinski definition) is 1. The van der Waals surface area contributed by atoms with Crippen LogP contribution in [0.15, 0.2) is 33.5 Å². The van der Waals surface area contributed by atoms with Crippen molar-refractivity contribution >= 4 is 17.1 Å². The number of carbonyl (C=O) groups excluding carboxylic acids is 1. The summed E-state index contributed by atoms with van der Waals surface area (Å²) in [5.41, 5.74) is 0.491. The van der Waals surface area contributed by atoms with E-state index < -0.39 is 11.7 Å². The molecule has 0 aliphatic rings. The average Bonchev–Trinajstić information content (AvgIpc) is 2.44. The van der Waals surface area contributed by atoms with Crippen LogP contribution < -0.4 is 15.7 Å². The molecule has 1 aromatic heterocycles. The maximum absolute atomic E-state index is 11.5. The summed E-state index contributed by atoms with van der Waals surface area (Å²) in [4.78, 5) is 22.9. The summed E-state index contributed by atoms with van der Waals surface area (Å²) in [6.45, 7) is 8.19. The third-order valence-corrected chi connectivity index (χ3v) is 3.18. The minimum atomic E-state index is -0.506. The van der Waals surface area contributed by atoms with Crippen LogP contribution in [0.4, 0.5) is 4.79 Å². The molecular weight excluding hydrogens is 310 g/mol. The lowest BCUT2D eigenvalue weighted by molar-refractivity contribution is 0.0525. The van der Waals surface area contributed by atoms with E-state index in [2.05, 4.69) is 5.32 Å². The van der Waals surface area contributed by atoms with E-state index in [0.717, 1.165) is 10.9 Å². The first kappa shape index (κ1) is 17.8. The quantitative estimate of drug-likeness (QED) is 0.670. The van der Waals surface area contributed by atoms with Crippen LogP contribution in [0.25, 0.3) is 11.0 Å². The molecule has 2 rings (SSSR count). The molecule has 0 bridgehead atoms. The van der Waals surface area contributed by atoms with E-state index >= 15 is 0 Å². The van der Waals surface area contributed by atoms with Gasteiger partial charge >= 0.3 is 11.7 Å². The molecule has 1 aromatic carbocycles. The lowest BCUT2D eigenvalue weighted by Gasteiger charge is -2.19. The minimum absolute atomic E-state index is 0.376. The van der Waals surface area contributed by atoms with Gasteiger partial charge in [-0.15, -0.1) is 0 Å². The SMILES string of the molecule is Cc1cc(=O)oc2cc(OCCCNC(=O)OC(C)(C)C)ccc12. The van der Waals surface area contributed by atoms with Crippen molar-refractivity contribution in [1.82, 2.24) is 5.32 Å². The number of fused-ring (bicyclic) bond motifs is 1. The molecule has 130 valence electrons. The van der Waals surface area contributed by atoms with Crippen LogP contribution >= 0.6 is 0 Å². The Morgan fingerprint density at radius 2 is 2.00 bits per heavy atom. The number of amides is 1. The number of nitrogens with one attached hydrogen (secondary N) is 1. The van der Waals surface area contributed by atoms with E-state index in [1.807, 2.05) is 39.8 Å². The predicted molar refractivity (Wildman–Crippen MR) is 91.6 cm³/mol. The lowest BCUT2D eigenvalue weighted by atomic mass is 10.1. The van der Waals surface area contributed by atoms with Gasteiger partial charge in [0.2, 0.25) is 0 Å². The Labute approximate surface area is 140 Å². The molecule has 6 nitrogen and oxygen atoms in total. The fraction of sp³-hybridized carbons (Fsp3) is 0.444. The molecule has 1 N–H and O–H groups in total. The van der Waals surface area contributed by atoms with E-state index in [1.165, 1.54) is 6.07 Å². The Kier molecular flexibility index (Phi) is 5.49. The molecule has 0 saturated carbocycles. The number of ether oxygens (including phenoxy) is 2. The van der Waals surface area contributed by atoms with Crippen LogP contribution in [0.1, 0.15) is 32.8 Å². The van der Waals surface area contributed by atoms with Gasteiger partial charge in [-0.25, -0.2) is 9.59 Å². The van der Waals surface area contributed by atoms with Crippen molar-refractivity contribution in [2.45, 2.75) is 39.7 Å². The highest BCUT2D eigenvalue weighted by Crippen LogP contribution is 2.22. The second-order valence-corrected chi connectivity index (χ2v) is 6.54. The Hall–Kier alpha value is -2.50. The van der Waals surface area contributed by atoms with Gasteiger partial charge in [-0.3, -0.25) is 0 Å². The van der Waals surface area contributed by atoms with Gasteiger partial charge in [-0.2, -0.15) is 0 Å². The smallest absolute Gasteiger partial charge is 0.407 e. The minimum Gasteiger partial charge on any atom is -0.493 e. The van der Waals surface area contributed by atoms with Gasteiger partial charge in [0, 0.05) is 24.1 Å². The average molecular weight is 333 g/mol. The summed E-state index contributed by atoms with van der Waals surface area (Å²) in [7, 11) is 0. The van der Waals surface area contributed by atoms with E-state index in [9.17, 15) is 9.59 Å². The second kappa shape index (κ2) is 7.38. The van der Waals surface area contributed by atoms with Crippen molar-refractivity contribution < 1.29 is 18.7 Å². The second-order valence-electron chi connectivity index (χ2n) is 6.54. The molecule has 1 heterocycles.